The zero-order valence-corrected chi connectivity index (χ0v) is 16.4. The Morgan fingerprint density at radius 3 is 2.85 bits per heavy atom. The summed E-state index contributed by atoms with van der Waals surface area (Å²) in [6.45, 7) is 3.50. The third-order valence-corrected chi connectivity index (χ3v) is 4.66. The monoisotopic (exact) mass is 382 g/mol. The van der Waals surface area contributed by atoms with Crippen molar-refractivity contribution < 1.29 is 9.53 Å². The highest BCUT2D eigenvalue weighted by Crippen LogP contribution is 2.29. The van der Waals surface area contributed by atoms with Crippen LogP contribution in [-0.2, 0) is 0 Å². The van der Waals surface area contributed by atoms with E-state index >= 15 is 0 Å². The maximum Gasteiger partial charge on any atom is 0.276 e. The maximum atomic E-state index is 12.2. The van der Waals surface area contributed by atoms with Crippen molar-refractivity contribution in [2.75, 3.05) is 32.6 Å². The van der Waals surface area contributed by atoms with Gasteiger partial charge in [-0.2, -0.15) is 0 Å². The molecule has 27 heavy (non-hydrogen) atoms. The van der Waals surface area contributed by atoms with Gasteiger partial charge in [0.2, 0.25) is 0 Å². The topological polar surface area (TPSA) is 67.3 Å². The van der Waals surface area contributed by atoms with Gasteiger partial charge in [-0.1, -0.05) is 18.2 Å². The average molecular weight is 382 g/mol. The summed E-state index contributed by atoms with van der Waals surface area (Å²) in [6.07, 6.45) is 1.59. The summed E-state index contributed by atoms with van der Waals surface area (Å²) in [5, 5.41) is 5.25. The molecule has 1 amide bonds. The van der Waals surface area contributed by atoms with Crippen molar-refractivity contribution >= 4 is 22.4 Å². The summed E-state index contributed by atoms with van der Waals surface area (Å²) in [7, 11) is 4.03. The summed E-state index contributed by atoms with van der Waals surface area (Å²) in [5.74, 6) is 0.578. The van der Waals surface area contributed by atoms with E-state index in [4.69, 9.17) is 4.74 Å². The Morgan fingerprint density at radius 1 is 1.26 bits per heavy atom. The number of hydrogen-bond acceptors (Lipinski definition) is 6. The molecule has 0 bridgehead atoms. The normalized spacial score (nSPS) is 10.8. The first-order valence-corrected chi connectivity index (χ1v) is 9.47. The van der Waals surface area contributed by atoms with Gasteiger partial charge in [0, 0.05) is 23.7 Å². The lowest BCUT2D eigenvalue weighted by molar-refractivity contribution is 0.102. The van der Waals surface area contributed by atoms with Gasteiger partial charge >= 0.3 is 0 Å². The molecule has 3 rings (SSSR count). The largest absolute Gasteiger partial charge is 0.492 e. The Labute approximate surface area is 162 Å². The lowest BCUT2D eigenvalue weighted by atomic mass is 10.1. The Kier molecular flexibility index (Phi) is 6.16. The molecule has 1 N–H and O–H groups in total. The van der Waals surface area contributed by atoms with Gasteiger partial charge < -0.3 is 9.64 Å². The Morgan fingerprint density at radius 2 is 2.11 bits per heavy atom. The molecule has 0 aliphatic heterocycles. The minimum atomic E-state index is -0.270. The first kappa shape index (κ1) is 19.0. The van der Waals surface area contributed by atoms with Gasteiger partial charge in [0.05, 0.1) is 5.69 Å². The van der Waals surface area contributed by atoms with Crippen LogP contribution in [0.15, 0.2) is 48.0 Å². The number of likely N-dealkylation sites (N-methyl/N-ethyl adjacent to an activating group) is 1. The van der Waals surface area contributed by atoms with Crippen molar-refractivity contribution in [1.29, 1.82) is 0 Å². The van der Waals surface area contributed by atoms with Gasteiger partial charge in [-0.25, -0.2) is 4.98 Å². The summed E-state index contributed by atoms with van der Waals surface area (Å²) in [5.41, 5.74) is 3.20. The number of carbonyl (C=O) groups excluding carboxylic acids is 1. The van der Waals surface area contributed by atoms with E-state index in [9.17, 15) is 4.79 Å². The second kappa shape index (κ2) is 8.75. The fraction of sp³-hybridized carbons (Fsp3) is 0.250. The van der Waals surface area contributed by atoms with Crippen molar-refractivity contribution in [1.82, 2.24) is 14.9 Å². The highest BCUT2D eigenvalue weighted by atomic mass is 32.1. The molecule has 0 spiro atoms. The van der Waals surface area contributed by atoms with Crippen molar-refractivity contribution in [3.05, 3.63) is 59.2 Å². The van der Waals surface area contributed by atoms with Crippen LogP contribution in [0.3, 0.4) is 0 Å². The zero-order valence-electron chi connectivity index (χ0n) is 15.6. The maximum absolute atomic E-state index is 12.2. The number of anilines is 1. The van der Waals surface area contributed by atoms with Gasteiger partial charge in [-0.3, -0.25) is 15.1 Å². The molecule has 0 saturated carbocycles. The minimum Gasteiger partial charge on any atom is -0.492 e. The first-order valence-electron chi connectivity index (χ1n) is 8.59. The van der Waals surface area contributed by atoms with Crippen molar-refractivity contribution in [2.45, 2.75) is 6.92 Å². The summed E-state index contributed by atoms with van der Waals surface area (Å²) in [4.78, 5) is 22.8. The average Bonchev–Trinajstić information content (AvgIpc) is 3.12. The second-order valence-corrected chi connectivity index (χ2v) is 7.20. The number of pyridine rings is 1. The number of thiazole rings is 1. The number of aromatic nitrogens is 2. The molecular formula is C20H22N4O2S. The van der Waals surface area contributed by atoms with Crippen LogP contribution in [0.5, 0.6) is 5.75 Å². The summed E-state index contributed by atoms with van der Waals surface area (Å²) >= 11 is 1.38. The highest BCUT2D eigenvalue weighted by Gasteiger charge is 2.12. The molecule has 3 aromatic rings. The van der Waals surface area contributed by atoms with Crippen LogP contribution < -0.4 is 10.1 Å². The van der Waals surface area contributed by atoms with Gasteiger partial charge in [0.25, 0.3) is 5.91 Å². The Bertz CT molecular complexity index is 909. The first-order chi connectivity index (χ1) is 13.0. The molecule has 0 saturated heterocycles. The molecule has 0 fully saturated rings. The number of carbonyl (C=O) groups is 1. The lowest BCUT2D eigenvalue weighted by Crippen LogP contribution is -2.19. The van der Waals surface area contributed by atoms with E-state index in [0.29, 0.717) is 17.4 Å². The molecule has 0 unspecified atom stereocenters. The van der Waals surface area contributed by atoms with E-state index < -0.39 is 0 Å². The summed E-state index contributed by atoms with van der Waals surface area (Å²) in [6, 6.07) is 11.2. The van der Waals surface area contributed by atoms with E-state index in [-0.39, 0.29) is 5.91 Å². The summed E-state index contributed by atoms with van der Waals surface area (Å²) < 4.78 is 5.89. The number of hydrogen-bond donors (Lipinski definition) is 1. The molecule has 1 aromatic carbocycles. The number of rotatable bonds is 7. The lowest BCUT2D eigenvalue weighted by Gasteiger charge is -2.13. The van der Waals surface area contributed by atoms with E-state index in [1.165, 1.54) is 11.3 Å². The number of nitrogens with one attached hydrogen (secondary N) is 1. The Balaban J connectivity index is 1.71. The number of ether oxygens (including phenoxy) is 1. The fourth-order valence-electron chi connectivity index (χ4n) is 2.38. The van der Waals surface area contributed by atoms with Crippen LogP contribution in [0.25, 0.3) is 11.3 Å². The van der Waals surface area contributed by atoms with Crippen molar-refractivity contribution in [3.63, 3.8) is 0 Å². The van der Waals surface area contributed by atoms with Crippen LogP contribution >= 0.6 is 11.3 Å². The van der Waals surface area contributed by atoms with E-state index in [0.717, 1.165) is 29.1 Å². The SMILES string of the molecule is Cc1ccc(-c2csc(NC(=O)c3ccccn3)n2)cc1OCCN(C)C. The smallest absolute Gasteiger partial charge is 0.276 e. The van der Waals surface area contributed by atoms with Crippen molar-refractivity contribution in [3.8, 4) is 17.0 Å². The van der Waals surface area contributed by atoms with Gasteiger partial charge in [-0.05, 0) is 44.8 Å². The molecule has 0 radical (unpaired) electrons. The molecule has 0 aliphatic rings. The molecular weight excluding hydrogens is 360 g/mol. The number of amides is 1. The molecule has 6 nitrogen and oxygen atoms in total. The van der Waals surface area contributed by atoms with Crippen LogP contribution in [-0.4, -0.2) is 48.0 Å². The van der Waals surface area contributed by atoms with E-state index in [1.54, 1.807) is 24.4 Å². The van der Waals surface area contributed by atoms with Crippen LogP contribution in [0.1, 0.15) is 16.1 Å². The van der Waals surface area contributed by atoms with Gasteiger partial charge in [0.15, 0.2) is 5.13 Å². The number of aryl methyl sites for hydroxylation is 1. The predicted octanol–water partition coefficient (Wildman–Crippen LogP) is 3.71. The molecule has 2 heterocycles. The third-order valence-electron chi connectivity index (χ3n) is 3.90. The predicted molar refractivity (Wildman–Crippen MR) is 109 cm³/mol. The highest BCUT2D eigenvalue weighted by molar-refractivity contribution is 7.14. The molecule has 2 aromatic heterocycles. The molecule has 0 atom stereocenters. The second-order valence-electron chi connectivity index (χ2n) is 6.34. The molecule has 0 aliphatic carbocycles. The van der Waals surface area contributed by atoms with Crippen molar-refractivity contribution in [2.24, 2.45) is 0 Å². The fourth-order valence-corrected chi connectivity index (χ4v) is 3.09. The van der Waals surface area contributed by atoms with Crippen LogP contribution in [0, 0.1) is 6.92 Å². The number of benzene rings is 1. The third kappa shape index (κ3) is 5.12. The van der Waals surface area contributed by atoms with Crippen LogP contribution in [0.4, 0.5) is 5.13 Å². The number of nitrogens with zero attached hydrogens (tertiary/aromatic N) is 3. The van der Waals surface area contributed by atoms with Gasteiger partial charge in [-0.15, -0.1) is 11.3 Å². The standard InChI is InChI=1S/C20H22N4O2S/c1-14-7-8-15(12-18(14)26-11-10-24(2)3)17-13-27-20(22-17)23-19(25)16-6-4-5-9-21-16/h4-9,12-13H,10-11H2,1-3H3,(H,22,23,25). The van der Waals surface area contributed by atoms with E-state index in [1.807, 2.05) is 44.6 Å². The van der Waals surface area contributed by atoms with Gasteiger partial charge in [0.1, 0.15) is 18.1 Å². The molecule has 140 valence electrons. The molecule has 7 heteroatoms. The van der Waals surface area contributed by atoms with E-state index in [2.05, 4.69) is 20.2 Å². The Hall–Kier alpha value is -2.77. The minimum absolute atomic E-state index is 0.270. The zero-order chi connectivity index (χ0) is 19.2. The quantitative estimate of drug-likeness (QED) is 0.675. The van der Waals surface area contributed by atoms with Crippen LogP contribution in [0.2, 0.25) is 0 Å².